The lowest BCUT2D eigenvalue weighted by atomic mass is 10.1. The quantitative estimate of drug-likeness (QED) is 0.821. The van der Waals surface area contributed by atoms with Crippen molar-refractivity contribution in [3.05, 3.63) is 35.4 Å². The molecule has 1 atom stereocenters. The summed E-state index contributed by atoms with van der Waals surface area (Å²) < 4.78 is 26.0. The predicted molar refractivity (Wildman–Crippen MR) is 55.0 cm³/mol. The molecule has 0 aliphatic carbocycles. The molecular formula is C11H13F2NO2. The minimum Gasteiger partial charge on any atom is -0.394 e. The number of rotatable bonds is 4. The molecule has 2 N–H and O–H groups in total. The van der Waals surface area contributed by atoms with E-state index in [0.717, 1.165) is 18.2 Å². The van der Waals surface area contributed by atoms with Gasteiger partial charge in [0.2, 0.25) is 0 Å². The molecule has 0 radical (unpaired) electrons. The van der Waals surface area contributed by atoms with Crippen LogP contribution < -0.4 is 5.32 Å². The van der Waals surface area contributed by atoms with Crippen LogP contribution >= 0.6 is 0 Å². The fraction of sp³-hybridized carbons (Fsp3) is 0.364. The minimum absolute atomic E-state index is 0.237. The van der Waals surface area contributed by atoms with Gasteiger partial charge in [0.1, 0.15) is 11.6 Å². The van der Waals surface area contributed by atoms with E-state index in [1.54, 1.807) is 6.92 Å². The van der Waals surface area contributed by atoms with Crippen LogP contribution in [0.25, 0.3) is 0 Å². The van der Waals surface area contributed by atoms with Gasteiger partial charge in [-0.3, -0.25) is 4.79 Å². The molecule has 88 valence electrons. The first-order valence-electron chi connectivity index (χ1n) is 4.95. The van der Waals surface area contributed by atoms with Gasteiger partial charge < -0.3 is 10.4 Å². The summed E-state index contributed by atoms with van der Waals surface area (Å²) in [4.78, 5) is 11.5. The van der Waals surface area contributed by atoms with Crippen molar-refractivity contribution in [2.24, 2.45) is 0 Å². The Bertz CT molecular complexity index is 378. The molecule has 1 aromatic carbocycles. The highest BCUT2D eigenvalue weighted by Gasteiger charge is 2.15. The molecule has 0 aromatic heterocycles. The number of nitrogens with one attached hydrogen (secondary N) is 1. The minimum atomic E-state index is -0.785. The van der Waals surface area contributed by atoms with Crippen LogP contribution in [0.2, 0.25) is 0 Å². The number of aliphatic hydroxyl groups is 1. The summed E-state index contributed by atoms with van der Waals surface area (Å²) in [6.45, 7) is 1.53. The lowest BCUT2D eigenvalue weighted by Gasteiger charge is -2.14. The van der Waals surface area contributed by atoms with Crippen molar-refractivity contribution < 1.29 is 18.7 Å². The maximum atomic E-state index is 13.2. The van der Waals surface area contributed by atoms with Gasteiger partial charge >= 0.3 is 0 Å². The maximum Gasteiger partial charge on any atom is 0.254 e. The molecule has 0 saturated carbocycles. The summed E-state index contributed by atoms with van der Waals surface area (Å²) in [5, 5.41) is 11.3. The van der Waals surface area contributed by atoms with Gasteiger partial charge in [-0.05, 0) is 24.6 Å². The molecular weight excluding hydrogens is 216 g/mol. The Morgan fingerprint density at radius 1 is 1.50 bits per heavy atom. The number of amides is 1. The largest absolute Gasteiger partial charge is 0.394 e. The Balaban J connectivity index is 2.83. The van der Waals surface area contributed by atoms with Gasteiger partial charge in [0.05, 0.1) is 18.2 Å². The predicted octanol–water partition coefficient (Wildman–Crippen LogP) is 1.47. The van der Waals surface area contributed by atoms with Crippen LogP contribution in [0.4, 0.5) is 8.78 Å². The van der Waals surface area contributed by atoms with E-state index in [2.05, 4.69) is 5.32 Å². The highest BCUT2D eigenvalue weighted by atomic mass is 19.1. The number of aliphatic hydroxyl groups excluding tert-OH is 1. The number of benzene rings is 1. The lowest BCUT2D eigenvalue weighted by Crippen LogP contribution is -2.37. The van der Waals surface area contributed by atoms with Gasteiger partial charge in [-0.1, -0.05) is 6.92 Å². The number of hydrogen-bond acceptors (Lipinski definition) is 2. The van der Waals surface area contributed by atoms with E-state index >= 15 is 0 Å². The van der Waals surface area contributed by atoms with E-state index in [-0.39, 0.29) is 12.2 Å². The second kappa shape index (κ2) is 5.55. The lowest BCUT2D eigenvalue weighted by molar-refractivity contribution is 0.0910. The zero-order valence-electron chi connectivity index (χ0n) is 8.84. The summed E-state index contributed by atoms with van der Waals surface area (Å²) in [5.41, 5.74) is -0.355. The van der Waals surface area contributed by atoms with Crippen LogP contribution in [-0.4, -0.2) is 23.7 Å². The van der Waals surface area contributed by atoms with Crippen LogP contribution in [0.1, 0.15) is 23.7 Å². The van der Waals surface area contributed by atoms with Gasteiger partial charge in [0.15, 0.2) is 0 Å². The van der Waals surface area contributed by atoms with E-state index in [9.17, 15) is 13.6 Å². The molecule has 1 unspecified atom stereocenters. The van der Waals surface area contributed by atoms with Crippen molar-refractivity contribution in [2.75, 3.05) is 6.61 Å². The normalized spacial score (nSPS) is 12.2. The van der Waals surface area contributed by atoms with Crippen molar-refractivity contribution in [3.8, 4) is 0 Å². The first kappa shape index (κ1) is 12.6. The van der Waals surface area contributed by atoms with Gasteiger partial charge in [0, 0.05) is 0 Å². The van der Waals surface area contributed by atoms with Crippen LogP contribution in [0.5, 0.6) is 0 Å². The zero-order valence-corrected chi connectivity index (χ0v) is 8.84. The molecule has 3 nitrogen and oxygen atoms in total. The average Bonchev–Trinajstić information content (AvgIpc) is 2.28. The molecule has 0 bridgehead atoms. The van der Waals surface area contributed by atoms with Crippen molar-refractivity contribution >= 4 is 5.91 Å². The summed E-state index contributed by atoms with van der Waals surface area (Å²) >= 11 is 0. The third-order valence-electron chi connectivity index (χ3n) is 2.22. The highest BCUT2D eigenvalue weighted by Crippen LogP contribution is 2.09. The molecule has 5 heteroatoms. The summed E-state index contributed by atoms with van der Waals surface area (Å²) in [6, 6.07) is 2.21. The Kier molecular flexibility index (Phi) is 4.37. The smallest absolute Gasteiger partial charge is 0.254 e. The molecule has 1 rings (SSSR count). The van der Waals surface area contributed by atoms with Gasteiger partial charge in [0.25, 0.3) is 5.91 Å². The van der Waals surface area contributed by atoms with Crippen molar-refractivity contribution in [2.45, 2.75) is 19.4 Å². The van der Waals surface area contributed by atoms with E-state index in [1.165, 1.54) is 0 Å². The molecule has 0 saturated heterocycles. The third kappa shape index (κ3) is 3.00. The fourth-order valence-corrected chi connectivity index (χ4v) is 1.21. The maximum absolute atomic E-state index is 13.2. The first-order chi connectivity index (χ1) is 7.58. The molecule has 16 heavy (non-hydrogen) atoms. The Morgan fingerprint density at radius 3 is 2.75 bits per heavy atom. The monoisotopic (exact) mass is 229 g/mol. The van der Waals surface area contributed by atoms with Gasteiger partial charge in [-0.2, -0.15) is 0 Å². The molecule has 0 fully saturated rings. The van der Waals surface area contributed by atoms with Crippen molar-refractivity contribution in [1.82, 2.24) is 5.32 Å². The standard InChI is InChI=1S/C11H13F2NO2/c1-2-8(6-15)14-11(16)9-5-7(12)3-4-10(9)13/h3-5,8,15H,2,6H2,1H3,(H,14,16). The SMILES string of the molecule is CCC(CO)NC(=O)c1cc(F)ccc1F. The van der Waals surface area contributed by atoms with Crippen LogP contribution in [0.15, 0.2) is 18.2 Å². The van der Waals surface area contributed by atoms with E-state index in [0.29, 0.717) is 6.42 Å². The Morgan fingerprint density at radius 2 is 2.19 bits per heavy atom. The number of halogens is 2. The van der Waals surface area contributed by atoms with E-state index < -0.39 is 23.6 Å². The van der Waals surface area contributed by atoms with Gasteiger partial charge in [-0.25, -0.2) is 8.78 Å². The van der Waals surface area contributed by atoms with Crippen LogP contribution in [0, 0.1) is 11.6 Å². The summed E-state index contributed by atoms with van der Waals surface area (Å²) in [6.07, 6.45) is 0.513. The fourth-order valence-electron chi connectivity index (χ4n) is 1.21. The van der Waals surface area contributed by atoms with Gasteiger partial charge in [-0.15, -0.1) is 0 Å². The number of hydrogen-bond donors (Lipinski definition) is 2. The number of carbonyl (C=O) groups excluding carboxylic acids is 1. The van der Waals surface area contributed by atoms with E-state index in [1.807, 2.05) is 0 Å². The topological polar surface area (TPSA) is 49.3 Å². The third-order valence-corrected chi connectivity index (χ3v) is 2.22. The van der Waals surface area contributed by atoms with Crippen molar-refractivity contribution in [1.29, 1.82) is 0 Å². The summed E-state index contributed by atoms with van der Waals surface area (Å²) in [5.74, 6) is -2.19. The van der Waals surface area contributed by atoms with Crippen molar-refractivity contribution in [3.63, 3.8) is 0 Å². The van der Waals surface area contributed by atoms with Crippen LogP contribution in [-0.2, 0) is 0 Å². The molecule has 1 amide bonds. The Labute approximate surface area is 92.1 Å². The number of carbonyl (C=O) groups is 1. The second-order valence-electron chi connectivity index (χ2n) is 3.39. The van der Waals surface area contributed by atoms with Crippen LogP contribution in [0.3, 0.4) is 0 Å². The zero-order chi connectivity index (χ0) is 12.1. The second-order valence-corrected chi connectivity index (χ2v) is 3.39. The molecule has 0 heterocycles. The molecule has 1 aromatic rings. The first-order valence-corrected chi connectivity index (χ1v) is 4.95. The highest BCUT2D eigenvalue weighted by molar-refractivity contribution is 5.94. The Hall–Kier alpha value is -1.49. The molecule has 0 aliphatic rings. The average molecular weight is 229 g/mol. The van der Waals surface area contributed by atoms with E-state index in [4.69, 9.17) is 5.11 Å². The summed E-state index contributed by atoms with van der Waals surface area (Å²) in [7, 11) is 0. The molecule has 0 aliphatic heterocycles. The molecule has 0 spiro atoms.